The molecule has 0 atom stereocenters. The highest BCUT2D eigenvalue weighted by Gasteiger charge is 2.28. The predicted octanol–water partition coefficient (Wildman–Crippen LogP) is 3.05. The first-order chi connectivity index (χ1) is 12.2. The van der Waals surface area contributed by atoms with Crippen molar-refractivity contribution < 1.29 is 16.8 Å². The molecule has 2 N–H and O–H groups in total. The summed E-state index contributed by atoms with van der Waals surface area (Å²) in [6.07, 6.45) is 1.62. The molecule has 1 fully saturated rings. The van der Waals surface area contributed by atoms with E-state index in [0.29, 0.717) is 11.6 Å². The van der Waals surface area contributed by atoms with Crippen molar-refractivity contribution in [2.75, 3.05) is 4.72 Å². The molecule has 0 radical (unpaired) electrons. The highest BCUT2D eigenvalue weighted by Crippen LogP contribution is 2.24. The van der Waals surface area contributed by atoms with Gasteiger partial charge in [0.2, 0.25) is 10.0 Å². The molecule has 0 bridgehead atoms. The largest absolute Gasteiger partial charge is 0.280 e. The van der Waals surface area contributed by atoms with Gasteiger partial charge in [0.05, 0.1) is 9.79 Å². The summed E-state index contributed by atoms with van der Waals surface area (Å²) in [7, 11) is -7.59. The Hall–Kier alpha value is -1.90. The van der Waals surface area contributed by atoms with Crippen molar-refractivity contribution in [1.82, 2.24) is 4.72 Å². The second-order valence-electron chi connectivity index (χ2n) is 6.75. The molecule has 8 heteroatoms. The summed E-state index contributed by atoms with van der Waals surface area (Å²) in [4.78, 5) is -0.147. The zero-order valence-electron chi connectivity index (χ0n) is 14.6. The normalized spacial score (nSPS) is 15.2. The number of hydrogen-bond acceptors (Lipinski definition) is 4. The molecule has 2 aromatic carbocycles. The molecule has 140 valence electrons. The second kappa shape index (κ2) is 7.02. The molecule has 3 rings (SSSR count). The Kier molecular flexibility index (Phi) is 5.09. The summed E-state index contributed by atoms with van der Waals surface area (Å²) in [6, 6.07) is 12.4. The van der Waals surface area contributed by atoms with Crippen molar-refractivity contribution in [2.24, 2.45) is 0 Å². The molecule has 1 aliphatic rings. The lowest BCUT2D eigenvalue weighted by Gasteiger charge is -2.11. The SMILES string of the molecule is CC(C)c1ccc(NS(=O)(=O)c2cccc(S(=O)(=O)NC3CC3)c2)cc1. The standard InChI is InChI=1S/C18H22N2O4S2/c1-13(2)14-6-8-15(9-7-14)19-25(21,22)17-4-3-5-18(12-17)26(23,24)20-16-10-11-16/h3-9,12-13,16,19-20H,10-11H2,1-2H3. The molecule has 0 aromatic heterocycles. The Morgan fingerprint density at radius 3 is 2.00 bits per heavy atom. The van der Waals surface area contributed by atoms with E-state index < -0.39 is 20.0 Å². The molecule has 0 saturated heterocycles. The Balaban J connectivity index is 1.84. The third-order valence-corrected chi connectivity index (χ3v) is 7.05. The van der Waals surface area contributed by atoms with E-state index in [-0.39, 0.29) is 15.8 Å². The topological polar surface area (TPSA) is 92.3 Å². The summed E-state index contributed by atoms with van der Waals surface area (Å²) in [5.41, 5.74) is 1.53. The molecule has 26 heavy (non-hydrogen) atoms. The van der Waals surface area contributed by atoms with Crippen LogP contribution in [0.2, 0.25) is 0 Å². The van der Waals surface area contributed by atoms with Gasteiger partial charge in [0.15, 0.2) is 0 Å². The van der Waals surface area contributed by atoms with Crippen LogP contribution in [0.1, 0.15) is 38.2 Å². The molecule has 0 aliphatic heterocycles. The maximum absolute atomic E-state index is 12.6. The maximum Gasteiger partial charge on any atom is 0.261 e. The first kappa shape index (κ1) is 18.9. The average molecular weight is 395 g/mol. The Labute approximate surface area is 154 Å². The van der Waals surface area contributed by atoms with E-state index in [4.69, 9.17) is 0 Å². The van der Waals surface area contributed by atoms with E-state index in [2.05, 4.69) is 23.3 Å². The van der Waals surface area contributed by atoms with Crippen LogP contribution in [0, 0.1) is 0 Å². The van der Waals surface area contributed by atoms with Gasteiger partial charge >= 0.3 is 0 Å². The minimum absolute atomic E-state index is 0.0436. The molecule has 1 aliphatic carbocycles. The molecule has 6 nitrogen and oxygen atoms in total. The molecular weight excluding hydrogens is 372 g/mol. The molecule has 0 amide bonds. The second-order valence-corrected chi connectivity index (χ2v) is 10.1. The zero-order valence-corrected chi connectivity index (χ0v) is 16.3. The van der Waals surface area contributed by atoms with Crippen LogP contribution in [0.15, 0.2) is 58.3 Å². The van der Waals surface area contributed by atoms with Gasteiger partial charge < -0.3 is 0 Å². The fourth-order valence-corrected chi connectivity index (χ4v) is 4.98. The fraction of sp³-hybridized carbons (Fsp3) is 0.333. The van der Waals surface area contributed by atoms with E-state index in [1.54, 1.807) is 12.1 Å². The van der Waals surface area contributed by atoms with Crippen LogP contribution in [0.3, 0.4) is 0 Å². The van der Waals surface area contributed by atoms with E-state index in [9.17, 15) is 16.8 Å². The number of sulfonamides is 2. The summed E-state index contributed by atoms with van der Waals surface area (Å²) in [6.45, 7) is 4.11. The number of hydrogen-bond donors (Lipinski definition) is 2. The monoisotopic (exact) mass is 394 g/mol. The Morgan fingerprint density at radius 2 is 1.46 bits per heavy atom. The lowest BCUT2D eigenvalue weighted by atomic mass is 10.0. The summed E-state index contributed by atoms with van der Waals surface area (Å²) >= 11 is 0. The van der Waals surface area contributed by atoms with Crippen LogP contribution in [0.25, 0.3) is 0 Å². The molecule has 0 spiro atoms. The van der Waals surface area contributed by atoms with Gasteiger partial charge in [-0.2, -0.15) is 0 Å². The first-order valence-corrected chi connectivity index (χ1v) is 11.4. The number of anilines is 1. The van der Waals surface area contributed by atoms with Gasteiger partial charge in [0, 0.05) is 11.7 Å². The molecular formula is C18H22N2O4S2. The van der Waals surface area contributed by atoms with E-state index in [1.807, 2.05) is 12.1 Å². The Bertz CT molecular complexity index is 994. The lowest BCUT2D eigenvalue weighted by Crippen LogP contribution is -2.26. The highest BCUT2D eigenvalue weighted by molar-refractivity contribution is 7.93. The van der Waals surface area contributed by atoms with Crippen molar-refractivity contribution in [1.29, 1.82) is 0 Å². The summed E-state index contributed by atoms with van der Waals surface area (Å²) in [5.74, 6) is 0.349. The van der Waals surface area contributed by atoms with Crippen LogP contribution < -0.4 is 9.44 Å². The highest BCUT2D eigenvalue weighted by atomic mass is 32.2. The zero-order chi connectivity index (χ0) is 18.9. The van der Waals surface area contributed by atoms with Gasteiger partial charge in [-0.15, -0.1) is 0 Å². The van der Waals surface area contributed by atoms with Crippen LogP contribution >= 0.6 is 0 Å². The summed E-state index contributed by atoms with van der Waals surface area (Å²) in [5, 5.41) is 0. The van der Waals surface area contributed by atoms with E-state index in [0.717, 1.165) is 18.4 Å². The van der Waals surface area contributed by atoms with Crippen molar-refractivity contribution in [3.63, 3.8) is 0 Å². The van der Waals surface area contributed by atoms with Crippen LogP contribution in [0.4, 0.5) is 5.69 Å². The van der Waals surface area contributed by atoms with E-state index >= 15 is 0 Å². The van der Waals surface area contributed by atoms with Crippen molar-refractivity contribution in [3.8, 4) is 0 Å². The average Bonchev–Trinajstić information content (AvgIpc) is 3.38. The summed E-state index contributed by atoms with van der Waals surface area (Å²) < 4.78 is 54.8. The number of benzene rings is 2. The number of rotatable bonds is 7. The van der Waals surface area contributed by atoms with Gasteiger partial charge in [0.25, 0.3) is 10.0 Å². The fourth-order valence-electron chi connectivity index (χ4n) is 2.45. The molecule has 0 unspecified atom stereocenters. The van der Waals surface area contributed by atoms with E-state index in [1.165, 1.54) is 24.3 Å². The van der Waals surface area contributed by atoms with Crippen molar-refractivity contribution >= 4 is 25.7 Å². The third kappa shape index (κ3) is 4.44. The third-order valence-electron chi connectivity index (χ3n) is 4.15. The van der Waals surface area contributed by atoms with Crippen LogP contribution in [-0.4, -0.2) is 22.9 Å². The molecule has 1 saturated carbocycles. The first-order valence-electron chi connectivity index (χ1n) is 8.42. The minimum atomic E-state index is -3.88. The maximum atomic E-state index is 12.6. The van der Waals surface area contributed by atoms with Gasteiger partial charge in [-0.05, 0) is 54.7 Å². The molecule has 0 heterocycles. The Morgan fingerprint density at radius 1 is 0.885 bits per heavy atom. The molecule has 2 aromatic rings. The minimum Gasteiger partial charge on any atom is -0.280 e. The smallest absolute Gasteiger partial charge is 0.261 e. The van der Waals surface area contributed by atoms with Gasteiger partial charge in [-0.1, -0.05) is 32.0 Å². The van der Waals surface area contributed by atoms with Gasteiger partial charge in [-0.25, -0.2) is 21.6 Å². The lowest BCUT2D eigenvalue weighted by molar-refractivity contribution is 0.580. The van der Waals surface area contributed by atoms with Crippen LogP contribution in [-0.2, 0) is 20.0 Å². The van der Waals surface area contributed by atoms with Gasteiger partial charge in [0.1, 0.15) is 0 Å². The number of nitrogens with one attached hydrogen (secondary N) is 2. The van der Waals surface area contributed by atoms with Crippen molar-refractivity contribution in [3.05, 3.63) is 54.1 Å². The van der Waals surface area contributed by atoms with Crippen LogP contribution in [0.5, 0.6) is 0 Å². The van der Waals surface area contributed by atoms with Crippen molar-refractivity contribution in [2.45, 2.75) is 48.4 Å². The predicted molar refractivity (Wildman–Crippen MR) is 101 cm³/mol. The van der Waals surface area contributed by atoms with Gasteiger partial charge in [-0.3, -0.25) is 4.72 Å². The quantitative estimate of drug-likeness (QED) is 0.755.